The molecule has 0 atom stereocenters. The molecule has 0 aromatic heterocycles. The van der Waals surface area contributed by atoms with E-state index in [0.29, 0.717) is 49.1 Å². The normalized spacial score (nSPS) is 15.9. The van der Waals surface area contributed by atoms with Gasteiger partial charge in [0.2, 0.25) is 0 Å². The Morgan fingerprint density at radius 2 is 1.42 bits per heavy atom. The predicted octanol–water partition coefficient (Wildman–Crippen LogP) is 5.11. The molecule has 5 nitrogen and oxygen atoms in total. The Balaban J connectivity index is 1.29. The van der Waals surface area contributed by atoms with Crippen LogP contribution in [0.4, 0.5) is 33.3 Å². The standard InChI is InChI=1S/C26H20F5N3O2/c27-17-1-4-19(5-2-17)34-15-16-13-20(6-7-21(16)25(34)36)32-9-11-33(12-10-32)24(35)22-14-18(28)3-8-23(22)26(29,30)31/h1-8,13-14H,9-12,15H2. The topological polar surface area (TPSA) is 43.9 Å². The van der Waals surface area contributed by atoms with Gasteiger partial charge in [-0.1, -0.05) is 0 Å². The molecule has 36 heavy (non-hydrogen) atoms. The van der Waals surface area contributed by atoms with Gasteiger partial charge in [-0.2, -0.15) is 13.2 Å². The summed E-state index contributed by atoms with van der Waals surface area (Å²) in [5.41, 5.74) is 0.883. The molecular weight excluding hydrogens is 481 g/mol. The molecular formula is C26H20F5N3O2. The van der Waals surface area contributed by atoms with Crippen molar-refractivity contribution in [3.8, 4) is 0 Å². The summed E-state index contributed by atoms with van der Waals surface area (Å²) >= 11 is 0. The lowest BCUT2D eigenvalue weighted by Crippen LogP contribution is -2.49. The van der Waals surface area contributed by atoms with E-state index in [9.17, 15) is 31.5 Å². The van der Waals surface area contributed by atoms with Crippen molar-refractivity contribution >= 4 is 23.2 Å². The Morgan fingerprint density at radius 1 is 0.778 bits per heavy atom. The lowest BCUT2D eigenvalue weighted by Gasteiger charge is -2.36. The van der Waals surface area contributed by atoms with Gasteiger partial charge < -0.3 is 14.7 Å². The maximum atomic E-state index is 13.6. The Morgan fingerprint density at radius 3 is 2.08 bits per heavy atom. The van der Waals surface area contributed by atoms with Crippen LogP contribution in [0.2, 0.25) is 0 Å². The minimum Gasteiger partial charge on any atom is -0.368 e. The summed E-state index contributed by atoms with van der Waals surface area (Å²) < 4.78 is 66.9. The number of nitrogens with zero attached hydrogens (tertiary/aromatic N) is 3. The van der Waals surface area contributed by atoms with Gasteiger partial charge in [-0.05, 0) is 66.2 Å². The Labute approximate surface area is 203 Å². The Hall–Kier alpha value is -3.95. The van der Waals surface area contributed by atoms with Crippen LogP contribution in [-0.4, -0.2) is 42.9 Å². The number of amides is 2. The molecule has 2 aliphatic rings. The molecule has 0 saturated carbocycles. The van der Waals surface area contributed by atoms with Crippen molar-refractivity contribution in [3.05, 3.63) is 94.6 Å². The summed E-state index contributed by atoms with van der Waals surface area (Å²) in [6, 6.07) is 12.9. The summed E-state index contributed by atoms with van der Waals surface area (Å²) in [7, 11) is 0. The van der Waals surface area contributed by atoms with E-state index in [4.69, 9.17) is 0 Å². The second-order valence-corrected chi connectivity index (χ2v) is 8.68. The summed E-state index contributed by atoms with van der Waals surface area (Å²) in [6.07, 6.45) is -4.77. The maximum Gasteiger partial charge on any atom is 0.417 e. The fourth-order valence-corrected chi connectivity index (χ4v) is 4.61. The largest absolute Gasteiger partial charge is 0.417 e. The van der Waals surface area contributed by atoms with E-state index in [1.807, 2.05) is 11.0 Å². The number of rotatable bonds is 3. The number of halogens is 5. The van der Waals surface area contributed by atoms with Crippen molar-refractivity contribution < 1.29 is 31.5 Å². The third-order valence-corrected chi connectivity index (χ3v) is 6.48. The van der Waals surface area contributed by atoms with Gasteiger partial charge in [0.05, 0.1) is 17.7 Å². The minimum atomic E-state index is -4.77. The SMILES string of the molecule is O=C(c1cc(F)ccc1C(F)(F)F)N1CCN(c2ccc3c(c2)CN(c2ccc(F)cc2)C3=O)CC1. The van der Waals surface area contributed by atoms with Crippen molar-refractivity contribution in [3.63, 3.8) is 0 Å². The number of benzene rings is 3. The lowest BCUT2D eigenvalue weighted by atomic mass is 10.0. The van der Waals surface area contributed by atoms with Gasteiger partial charge in [-0.3, -0.25) is 9.59 Å². The number of anilines is 2. The molecule has 1 fully saturated rings. The summed E-state index contributed by atoms with van der Waals surface area (Å²) in [5.74, 6) is -2.35. The molecule has 3 aromatic rings. The number of fused-ring (bicyclic) bond motifs is 1. The number of alkyl halides is 3. The van der Waals surface area contributed by atoms with E-state index in [-0.39, 0.29) is 19.0 Å². The molecule has 0 bridgehead atoms. The van der Waals surface area contributed by atoms with Crippen LogP contribution in [0.3, 0.4) is 0 Å². The van der Waals surface area contributed by atoms with Crippen LogP contribution in [0.1, 0.15) is 31.8 Å². The number of hydrogen-bond donors (Lipinski definition) is 0. The van der Waals surface area contributed by atoms with Crippen molar-refractivity contribution in [1.82, 2.24) is 4.90 Å². The van der Waals surface area contributed by atoms with Crippen LogP contribution < -0.4 is 9.80 Å². The van der Waals surface area contributed by atoms with Crippen LogP contribution in [0.5, 0.6) is 0 Å². The number of piperazine rings is 1. The highest BCUT2D eigenvalue weighted by atomic mass is 19.4. The van der Waals surface area contributed by atoms with Crippen molar-refractivity contribution in [2.24, 2.45) is 0 Å². The fraction of sp³-hybridized carbons (Fsp3) is 0.231. The average molecular weight is 501 g/mol. The van der Waals surface area contributed by atoms with Gasteiger partial charge in [0, 0.05) is 43.1 Å². The van der Waals surface area contributed by atoms with E-state index in [2.05, 4.69) is 0 Å². The number of hydrogen-bond acceptors (Lipinski definition) is 3. The molecule has 2 aliphatic heterocycles. The summed E-state index contributed by atoms with van der Waals surface area (Å²) in [5, 5.41) is 0. The molecule has 2 amide bonds. The van der Waals surface area contributed by atoms with Crippen molar-refractivity contribution in [2.75, 3.05) is 36.0 Å². The molecule has 1 saturated heterocycles. The quantitative estimate of drug-likeness (QED) is 0.469. The molecule has 0 radical (unpaired) electrons. The van der Waals surface area contributed by atoms with E-state index >= 15 is 0 Å². The zero-order valence-corrected chi connectivity index (χ0v) is 18.9. The van der Waals surface area contributed by atoms with Gasteiger partial charge in [0.15, 0.2) is 0 Å². The van der Waals surface area contributed by atoms with E-state index < -0.39 is 34.8 Å². The molecule has 0 N–H and O–H groups in total. The van der Waals surface area contributed by atoms with E-state index in [1.165, 1.54) is 17.0 Å². The molecule has 10 heteroatoms. The van der Waals surface area contributed by atoms with Crippen molar-refractivity contribution in [1.29, 1.82) is 0 Å². The van der Waals surface area contributed by atoms with E-state index in [0.717, 1.165) is 11.3 Å². The number of carbonyl (C=O) groups is 2. The van der Waals surface area contributed by atoms with Gasteiger partial charge in [0.1, 0.15) is 11.6 Å². The molecule has 0 aliphatic carbocycles. The fourth-order valence-electron chi connectivity index (χ4n) is 4.61. The van der Waals surface area contributed by atoms with E-state index in [1.54, 1.807) is 29.2 Å². The summed E-state index contributed by atoms with van der Waals surface area (Å²) in [4.78, 5) is 30.5. The van der Waals surface area contributed by atoms with Gasteiger partial charge in [0.25, 0.3) is 11.8 Å². The van der Waals surface area contributed by atoms with Crippen LogP contribution in [0.25, 0.3) is 0 Å². The highest BCUT2D eigenvalue weighted by molar-refractivity contribution is 6.10. The molecule has 186 valence electrons. The van der Waals surface area contributed by atoms with Gasteiger partial charge >= 0.3 is 6.18 Å². The maximum absolute atomic E-state index is 13.6. The third kappa shape index (κ3) is 4.38. The zero-order chi connectivity index (χ0) is 25.6. The molecule has 3 aromatic carbocycles. The van der Waals surface area contributed by atoms with Crippen LogP contribution >= 0.6 is 0 Å². The first kappa shape index (κ1) is 23.8. The number of carbonyl (C=O) groups excluding carboxylic acids is 2. The zero-order valence-electron chi connectivity index (χ0n) is 18.9. The Bertz CT molecular complexity index is 1330. The first-order chi connectivity index (χ1) is 17.1. The lowest BCUT2D eigenvalue weighted by molar-refractivity contribution is -0.138. The average Bonchev–Trinajstić information content (AvgIpc) is 3.19. The first-order valence-electron chi connectivity index (χ1n) is 11.2. The van der Waals surface area contributed by atoms with Crippen LogP contribution in [-0.2, 0) is 12.7 Å². The van der Waals surface area contributed by atoms with Gasteiger partial charge in [-0.25, -0.2) is 8.78 Å². The summed E-state index contributed by atoms with van der Waals surface area (Å²) in [6.45, 7) is 1.36. The van der Waals surface area contributed by atoms with Crippen molar-refractivity contribution in [2.45, 2.75) is 12.7 Å². The predicted molar refractivity (Wildman–Crippen MR) is 123 cm³/mol. The smallest absolute Gasteiger partial charge is 0.368 e. The van der Waals surface area contributed by atoms with Crippen LogP contribution in [0, 0.1) is 11.6 Å². The highest BCUT2D eigenvalue weighted by Gasteiger charge is 2.37. The second kappa shape index (κ2) is 8.92. The first-order valence-corrected chi connectivity index (χ1v) is 11.2. The van der Waals surface area contributed by atoms with Crippen LogP contribution in [0.15, 0.2) is 60.7 Å². The molecule has 0 spiro atoms. The second-order valence-electron chi connectivity index (χ2n) is 8.68. The monoisotopic (exact) mass is 501 g/mol. The minimum absolute atomic E-state index is 0.157. The van der Waals surface area contributed by atoms with Gasteiger partial charge in [-0.15, -0.1) is 0 Å². The molecule has 0 unspecified atom stereocenters. The molecule has 5 rings (SSSR count). The highest BCUT2D eigenvalue weighted by Crippen LogP contribution is 2.34. The molecule has 2 heterocycles. The Kier molecular flexibility index (Phi) is 5.89. The third-order valence-electron chi connectivity index (χ3n) is 6.48.